The van der Waals surface area contributed by atoms with Gasteiger partial charge in [-0.3, -0.25) is 14.9 Å². The fraction of sp³-hybridized carbons (Fsp3) is 0.0800. The van der Waals surface area contributed by atoms with E-state index in [9.17, 15) is 14.9 Å². The molecule has 2 aromatic carbocycles. The van der Waals surface area contributed by atoms with E-state index in [1.165, 1.54) is 23.5 Å². The lowest BCUT2D eigenvalue weighted by Gasteiger charge is -2.16. The monoisotopic (exact) mass is 518 g/mol. The molecule has 0 amide bonds. The standard InChI is InChI=1S/C25H18N4O3S3/c30-13-17-3-1-4-18(11-17)21-14-35-25(28-21)27-20(12-16-6-8-19(9-7-16)29(31)32)22-15-34-24(26-22)23-5-2-10-33-23/h1-11,13-15,20H,12H2,(H,27,28)/t20-/m0/s1. The molecule has 3 heterocycles. The van der Waals surface area contributed by atoms with E-state index in [1.807, 2.05) is 46.5 Å². The van der Waals surface area contributed by atoms with Crippen LogP contribution in [0.2, 0.25) is 0 Å². The maximum absolute atomic E-state index is 11.1. The lowest BCUT2D eigenvalue weighted by atomic mass is 10.0. The Kier molecular flexibility index (Phi) is 6.75. The molecule has 0 unspecified atom stereocenters. The van der Waals surface area contributed by atoms with Gasteiger partial charge in [0.2, 0.25) is 0 Å². The number of nitro groups is 1. The summed E-state index contributed by atoms with van der Waals surface area (Å²) < 4.78 is 0. The van der Waals surface area contributed by atoms with E-state index in [4.69, 9.17) is 9.97 Å². The molecule has 0 fully saturated rings. The summed E-state index contributed by atoms with van der Waals surface area (Å²) in [4.78, 5) is 32.5. The van der Waals surface area contributed by atoms with E-state index in [2.05, 4.69) is 5.32 Å². The first-order chi connectivity index (χ1) is 17.1. The first kappa shape index (κ1) is 23.0. The number of benzene rings is 2. The molecule has 5 aromatic rings. The van der Waals surface area contributed by atoms with Gasteiger partial charge in [-0.1, -0.05) is 36.4 Å². The summed E-state index contributed by atoms with van der Waals surface area (Å²) in [6.45, 7) is 0. The maximum Gasteiger partial charge on any atom is 0.269 e. The molecule has 0 aliphatic carbocycles. The van der Waals surface area contributed by atoms with Crippen LogP contribution < -0.4 is 5.32 Å². The number of carbonyl (C=O) groups excluding carboxylic acids is 1. The Morgan fingerprint density at radius 3 is 2.60 bits per heavy atom. The van der Waals surface area contributed by atoms with Gasteiger partial charge in [0.15, 0.2) is 5.13 Å². The van der Waals surface area contributed by atoms with E-state index in [-0.39, 0.29) is 11.7 Å². The third-order valence-corrected chi connectivity index (χ3v) is 7.99. The van der Waals surface area contributed by atoms with Crippen molar-refractivity contribution in [3.05, 3.63) is 104 Å². The van der Waals surface area contributed by atoms with Crippen molar-refractivity contribution in [2.45, 2.75) is 12.5 Å². The van der Waals surface area contributed by atoms with Crippen molar-refractivity contribution in [1.82, 2.24) is 9.97 Å². The Hall–Kier alpha value is -3.73. The molecule has 7 nitrogen and oxygen atoms in total. The first-order valence-corrected chi connectivity index (χ1v) is 13.2. The second-order valence-corrected chi connectivity index (χ2v) is 10.3. The van der Waals surface area contributed by atoms with Gasteiger partial charge in [0, 0.05) is 34.0 Å². The van der Waals surface area contributed by atoms with Crippen LogP contribution in [0, 0.1) is 10.1 Å². The highest BCUT2D eigenvalue weighted by Gasteiger charge is 2.19. The number of nitro benzene ring substituents is 1. The van der Waals surface area contributed by atoms with Crippen molar-refractivity contribution < 1.29 is 9.72 Å². The van der Waals surface area contributed by atoms with E-state index in [0.717, 1.165) is 43.8 Å². The summed E-state index contributed by atoms with van der Waals surface area (Å²) in [6.07, 6.45) is 1.41. The molecule has 1 atom stereocenters. The van der Waals surface area contributed by atoms with Crippen molar-refractivity contribution in [2.75, 3.05) is 5.32 Å². The Balaban J connectivity index is 1.42. The Bertz CT molecular complexity index is 1460. The minimum Gasteiger partial charge on any atom is -0.353 e. The molecule has 0 saturated carbocycles. The first-order valence-electron chi connectivity index (χ1n) is 10.6. The fourth-order valence-corrected chi connectivity index (χ4v) is 6.03. The zero-order chi connectivity index (χ0) is 24.2. The molecule has 0 aliphatic heterocycles. The number of hydrogen-bond acceptors (Lipinski definition) is 9. The number of aromatic nitrogens is 2. The molecule has 35 heavy (non-hydrogen) atoms. The number of rotatable bonds is 9. The normalized spacial score (nSPS) is 11.8. The summed E-state index contributed by atoms with van der Waals surface area (Å²) in [5, 5.41) is 22.2. The average Bonchev–Trinajstić information content (AvgIpc) is 3.66. The number of thiazole rings is 2. The fourth-order valence-electron chi connectivity index (χ4n) is 3.57. The van der Waals surface area contributed by atoms with E-state index in [1.54, 1.807) is 40.9 Å². The average molecular weight is 519 g/mol. The van der Waals surface area contributed by atoms with Gasteiger partial charge >= 0.3 is 0 Å². The van der Waals surface area contributed by atoms with Crippen molar-refractivity contribution in [1.29, 1.82) is 0 Å². The summed E-state index contributed by atoms with van der Waals surface area (Å²) >= 11 is 4.72. The van der Waals surface area contributed by atoms with Crippen LogP contribution in [0.15, 0.2) is 76.8 Å². The van der Waals surface area contributed by atoms with Gasteiger partial charge in [-0.25, -0.2) is 9.97 Å². The number of nitrogens with zero attached hydrogens (tertiary/aromatic N) is 3. The maximum atomic E-state index is 11.1. The largest absolute Gasteiger partial charge is 0.353 e. The number of carbonyl (C=O) groups is 1. The number of hydrogen-bond donors (Lipinski definition) is 1. The molecule has 1 N–H and O–H groups in total. The predicted molar refractivity (Wildman–Crippen MR) is 142 cm³/mol. The summed E-state index contributed by atoms with van der Waals surface area (Å²) in [5.74, 6) is 0. The molecule has 0 bridgehead atoms. The van der Waals surface area contributed by atoms with Crippen LogP contribution in [-0.2, 0) is 6.42 Å². The molecule has 0 aliphatic rings. The third-order valence-electron chi connectivity index (χ3n) is 5.32. The predicted octanol–water partition coefficient (Wildman–Crippen LogP) is 7.11. The van der Waals surface area contributed by atoms with Crippen LogP contribution >= 0.6 is 34.0 Å². The van der Waals surface area contributed by atoms with Gasteiger partial charge < -0.3 is 5.32 Å². The van der Waals surface area contributed by atoms with E-state index in [0.29, 0.717) is 12.0 Å². The smallest absolute Gasteiger partial charge is 0.269 e. The van der Waals surface area contributed by atoms with Crippen LogP contribution in [0.25, 0.3) is 21.1 Å². The topological polar surface area (TPSA) is 98.0 Å². The molecule has 5 rings (SSSR count). The zero-order valence-corrected chi connectivity index (χ0v) is 20.6. The molecule has 3 aromatic heterocycles. The van der Waals surface area contributed by atoms with Crippen LogP contribution in [0.1, 0.15) is 27.7 Å². The summed E-state index contributed by atoms with van der Waals surface area (Å²) in [6, 6.07) is 17.8. The third kappa shape index (κ3) is 5.35. The van der Waals surface area contributed by atoms with Gasteiger partial charge in [-0.2, -0.15) is 0 Å². The van der Waals surface area contributed by atoms with Crippen LogP contribution in [0.3, 0.4) is 0 Å². The molecular weight excluding hydrogens is 501 g/mol. The Labute approximate surface area is 212 Å². The van der Waals surface area contributed by atoms with Crippen LogP contribution in [0.5, 0.6) is 0 Å². The Morgan fingerprint density at radius 1 is 1.00 bits per heavy atom. The highest BCUT2D eigenvalue weighted by atomic mass is 32.1. The van der Waals surface area contributed by atoms with Crippen molar-refractivity contribution >= 4 is 51.1 Å². The minimum absolute atomic E-state index is 0.0639. The summed E-state index contributed by atoms with van der Waals surface area (Å²) in [5.41, 5.74) is 4.16. The second kappa shape index (κ2) is 10.3. The van der Waals surface area contributed by atoms with Gasteiger partial charge in [0.05, 0.1) is 27.2 Å². The molecule has 0 saturated heterocycles. The van der Waals surface area contributed by atoms with Crippen LogP contribution in [-0.4, -0.2) is 21.2 Å². The number of anilines is 1. The number of nitrogens with one attached hydrogen (secondary N) is 1. The number of thiophene rings is 1. The highest BCUT2D eigenvalue weighted by Crippen LogP contribution is 2.34. The highest BCUT2D eigenvalue weighted by molar-refractivity contribution is 7.20. The van der Waals surface area contributed by atoms with Crippen molar-refractivity contribution in [3.63, 3.8) is 0 Å². The molecule has 10 heteroatoms. The number of aldehydes is 1. The lowest BCUT2D eigenvalue weighted by molar-refractivity contribution is -0.384. The minimum atomic E-state index is -0.399. The van der Waals surface area contributed by atoms with Gasteiger partial charge in [-0.05, 0) is 29.5 Å². The van der Waals surface area contributed by atoms with Gasteiger partial charge in [0.1, 0.15) is 11.3 Å². The van der Waals surface area contributed by atoms with Crippen molar-refractivity contribution in [3.8, 4) is 21.1 Å². The quantitative estimate of drug-likeness (QED) is 0.127. The van der Waals surface area contributed by atoms with E-state index >= 15 is 0 Å². The van der Waals surface area contributed by atoms with Crippen LogP contribution in [0.4, 0.5) is 10.8 Å². The van der Waals surface area contributed by atoms with Gasteiger partial charge in [0.25, 0.3) is 5.69 Å². The molecule has 0 radical (unpaired) electrons. The molecule has 0 spiro atoms. The second-order valence-electron chi connectivity index (χ2n) is 7.66. The van der Waals surface area contributed by atoms with Crippen molar-refractivity contribution in [2.24, 2.45) is 0 Å². The SMILES string of the molecule is O=Cc1cccc(-c2csc(N[C@@H](Cc3ccc([N+](=O)[O-])cc3)c3csc(-c4cccs4)n3)n2)c1. The molecule has 174 valence electrons. The zero-order valence-electron chi connectivity index (χ0n) is 18.2. The van der Waals surface area contributed by atoms with E-state index < -0.39 is 4.92 Å². The number of non-ortho nitro benzene ring substituents is 1. The molecular formula is C25H18N4O3S3. The lowest BCUT2D eigenvalue weighted by Crippen LogP contribution is -2.14. The van der Waals surface area contributed by atoms with Gasteiger partial charge in [-0.15, -0.1) is 34.0 Å². The Morgan fingerprint density at radius 2 is 1.86 bits per heavy atom. The summed E-state index contributed by atoms with van der Waals surface area (Å²) in [7, 11) is 0.